The summed E-state index contributed by atoms with van der Waals surface area (Å²) in [5, 5.41) is 2.11. The number of rotatable bonds is 7. The van der Waals surface area contributed by atoms with E-state index in [1.54, 1.807) is 6.92 Å². The van der Waals surface area contributed by atoms with Gasteiger partial charge in [0.15, 0.2) is 12.7 Å². The predicted octanol–water partition coefficient (Wildman–Crippen LogP) is 3.40. The summed E-state index contributed by atoms with van der Waals surface area (Å²) in [7, 11) is 0. The number of hydrazine groups is 1. The standard InChI is InChI=1S/C23H24N2O4/c1-3-17-8-11-20(12-9-17)28-15-22(26)24-25-23(27)16(2)29-21-13-10-18-6-4-5-7-19(18)14-21/h4-14,16H,3,15H2,1-2H3,(H,24,26)(H,25,27)/t16-/m0/s1. The number of fused-ring (bicyclic) bond motifs is 1. The summed E-state index contributed by atoms with van der Waals surface area (Å²) in [5.74, 6) is 0.253. The van der Waals surface area contributed by atoms with Crippen LogP contribution in [0.4, 0.5) is 0 Å². The largest absolute Gasteiger partial charge is 0.484 e. The van der Waals surface area contributed by atoms with Gasteiger partial charge in [-0.15, -0.1) is 0 Å². The van der Waals surface area contributed by atoms with Gasteiger partial charge in [-0.1, -0.05) is 49.4 Å². The van der Waals surface area contributed by atoms with Crippen LogP contribution in [-0.4, -0.2) is 24.5 Å². The summed E-state index contributed by atoms with van der Waals surface area (Å²) in [6, 6.07) is 21.0. The number of nitrogens with one attached hydrogen (secondary N) is 2. The average Bonchev–Trinajstić information content (AvgIpc) is 2.76. The molecule has 3 aromatic carbocycles. The van der Waals surface area contributed by atoms with Gasteiger partial charge in [-0.3, -0.25) is 20.4 Å². The molecule has 0 aliphatic heterocycles. The highest BCUT2D eigenvalue weighted by atomic mass is 16.5. The third-order valence-electron chi connectivity index (χ3n) is 4.43. The van der Waals surface area contributed by atoms with Crippen LogP contribution >= 0.6 is 0 Å². The van der Waals surface area contributed by atoms with Gasteiger partial charge in [0.1, 0.15) is 11.5 Å². The third-order valence-corrected chi connectivity index (χ3v) is 4.43. The van der Waals surface area contributed by atoms with Crippen LogP contribution in [-0.2, 0) is 16.0 Å². The van der Waals surface area contributed by atoms with Gasteiger partial charge in [-0.25, -0.2) is 0 Å². The molecule has 6 heteroatoms. The van der Waals surface area contributed by atoms with Crippen molar-refractivity contribution >= 4 is 22.6 Å². The first kappa shape index (κ1) is 20.2. The van der Waals surface area contributed by atoms with Crippen LogP contribution < -0.4 is 20.3 Å². The van der Waals surface area contributed by atoms with E-state index in [9.17, 15) is 9.59 Å². The molecule has 0 aliphatic rings. The van der Waals surface area contributed by atoms with E-state index >= 15 is 0 Å². The number of hydrogen-bond donors (Lipinski definition) is 2. The topological polar surface area (TPSA) is 76.7 Å². The molecule has 29 heavy (non-hydrogen) atoms. The number of aryl methyl sites for hydroxylation is 1. The van der Waals surface area contributed by atoms with Gasteiger partial charge in [-0.2, -0.15) is 0 Å². The lowest BCUT2D eigenvalue weighted by atomic mass is 10.1. The van der Waals surface area contributed by atoms with Crippen molar-refractivity contribution in [3.8, 4) is 11.5 Å². The van der Waals surface area contributed by atoms with Crippen LogP contribution in [0.2, 0.25) is 0 Å². The molecule has 0 fully saturated rings. The molecule has 0 unspecified atom stereocenters. The molecule has 0 saturated carbocycles. The molecule has 3 rings (SSSR count). The van der Waals surface area contributed by atoms with Gasteiger partial charge in [0.2, 0.25) is 0 Å². The highest BCUT2D eigenvalue weighted by Crippen LogP contribution is 2.21. The summed E-state index contributed by atoms with van der Waals surface area (Å²) in [5.41, 5.74) is 5.87. The van der Waals surface area contributed by atoms with Crippen LogP contribution in [0.1, 0.15) is 19.4 Å². The summed E-state index contributed by atoms with van der Waals surface area (Å²) in [6.45, 7) is 3.48. The third kappa shape index (κ3) is 5.72. The van der Waals surface area contributed by atoms with Crippen LogP contribution in [0.25, 0.3) is 10.8 Å². The SMILES string of the molecule is CCc1ccc(OCC(=O)NNC(=O)[C@H](C)Oc2ccc3ccccc3c2)cc1. The lowest BCUT2D eigenvalue weighted by Gasteiger charge is -2.15. The summed E-state index contributed by atoms with van der Waals surface area (Å²) in [6.07, 6.45) is 0.158. The Kier molecular flexibility index (Phi) is 6.68. The van der Waals surface area contributed by atoms with Gasteiger partial charge >= 0.3 is 0 Å². The molecule has 6 nitrogen and oxygen atoms in total. The monoisotopic (exact) mass is 392 g/mol. The van der Waals surface area contributed by atoms with Crippen molar-refractivity contribution in [3.05, 3.63) is 72.3 Å². The van der Waals surface area contributed by atoms with Crippen LogP contribution in [0.5, 0.6) is 11.5 Å². The zero-order valence-electron chi connectivity index (χ0n) is 16.5. The number of carbonyl (C=O) groups is 2. The van der Waals surface area contributed by atoms with Crippen molar-refractivity contribution in [3.63, 3.8) is 0 Å². The molecular weight excluding hydrogens is 368 g/mol. The highest BCUT2D eigenvalue weighted by molar-refractivity contribution is 5.86. The molecule has 0 bridgehead atoms. The Hall–Kier alpha value is -3.54. The van der Waals surface area contributed by atoms with Crippen molar-refractivity contribution in [2.24, 2.45) is 0 Å². The first-order chi connectivity index (χ1) is 14.0. The second-order valence-corrected chi connectivity index (χ2v) is 6.59. The Labute approximate surface area is 169 Å². The lowest BCUT2D eigenvalue weighted by Crippen LogP contribution is -2.48. The molecule has 0 spiro atoms. The van der Waals surface area contributed by atoms with E-state index in [1.807, 2.05) is 66.7 Å². The van der Waals surface area contributed by atoms with Gasteiger partial charge < -0.3 is 9.47 Å². The molecule has 0 aliphatic carbocycles. The fourth-order valence-corrected chi connectivity index (χ4v) is 2.74. The minimum atomic E-state index is -0.779. The van der Waals surface area contributed by atoms with Crippen molar-refractivity contribution in [1.82, 2.24) is 10.9 Å². The normalized spacial score (nSPS) is 11.5. The summed E-state index contributed by atoms with van der Waals surface area (Å²) >= 11 is 0. The van der Waals surface area contributed by atoms with Crippen molar-refractivity contribution in [1.29, 1.82) is 0 Å². The molecule has 3 aromatic rings. The average molecular weight is 392 g/mol. The summed E-state index contributed by atoms with van der Waals surface area (Å²) < 4.78 is 11.1. The molecular formula is C23H24N2O4. The maximum absolute atomic E-state index is 12.2. The first-order valence-electron chi connectivity index (χ1n) is 9.51. The van der Waals surface area contributed by atoms with E-state index in [0.29, 0.717) is 11.5 Å². The van der Waals surface area contributed by atoms with Gasteiger partial charge in [0.05, 0.1) is 0 Å². The van der Waals surface area contributed by atoms with E-state index in [0.717, 1.165) is 17.2 Å². The van der Waals surface area contributed by atoms with Crippen molar-refractivity contribution < 1.29 is 19.1 Å². The van der Waals surface area contributed by atoms with Crippen LogP contribution in [0.3, 0.4) is 0 Å². The van der Waals surface area contributed by atoms with Gasteiger partial charge in [-0.05, 0) is 53.9 Å². The second kappa shape index (κ2) is 9.59. The number of benzene rings is 3. The number of carbonyl (C=O) groups excluding carboxylic acids is 2. The molecule has 0 heterocycles. The van der Waals surface area contributed by atoms with Crippen LogP contribution in [0, 0.1) is 0 Å². The quantitative estimate of drug-likeness (QED) is 0.604. The number of hydrogen-bond acceptors (Lipinski definition) is 4. The van der Waals surface area contributed by atoms with Crippen molar-refractivity contribution in [2.45, 2.75) is 26.4 Å². The lowest BCUT2D eigenvalue weighted by molar-refractivity contribution is -0.133. The van der Waals surface area contributed by atoms with Crippen molar-refractivity contribution in [2.75, 3.05) is 6.61 Å². The Balaban J connectivity index is 1.44. The highest BCUT2D eigenvalue weighted by Gasteiger charge is 2.15. The van der Waals surface area contributed by atoms with Gasteiger partial charge in [0, 0.05) is 0 Å². The minimum Gasteiger partial charge on any atom is -0.484 e. The van der Waals surface area contributed by atoms with E-state index < -0.39 is 17.9 Å². The second-order valence-electron chi connectivity index (χ2n) is 6.59. The van der Waals surface area contributed by atoms with Crippen LogP contribution in [0.15, 0.2) is 66.7 Å². The zero-order valence-corrected chi connectivity index (χ0v) is 16.5. The Morgan fingerprint density at radius 2 is 1.59 bits per heavy atom. The Bertz CT molecular complexity index is 986. The molecule has 150 valence electrons. The van der Waals surface area contributed by atoms with E-state index in [1.165, 1.54) is 5.56 Å². The number of amides is 2. The molecule has 0 saturated heterocycles. The fraction of sp³-hybridized carbons (Fsp3) is 0.217. The molecule has 0 aromatic heterocycles. The Morgan fingerprint density at radius 1 is 0.897 bits per heavy atom. The maximum Gasteiger partial charge on any atom is 0.279 e. The predicted molar refractivity (Wildman–Crippen MR) is 112 cm³/mol. The number of ether oxygens (including phenoxy) is 2. The fourth-order valence-electron chi connectivity index (χ4n) is 2.74. The maximum atomic E-state index is 12.2. The Morgan fingerprint density at radius 3 is 2.31 bits per heavy atom. The zero-order chi connectivity index (χ0) is 20.6. The van der Waals surface area contributed by atoms with E-state index in [2.05, 4.69) is 17.8 Å². The summed E-state index contributed by atoms with van der Waals surface area (Å²) in [4.78, 5) is 24.0. The van der Waals surface area contributed by atoms with E-state index in [-0.39, 0.29) is 6.61 Å². The minimum absolute atomic E-state index is 0.203. The van der Waals surface area contributed by atoms with E-state index in [4.69, 9.17) is 9.47 Å². The first-order valence-corrected chi connectivity index (χ1v) is 9.51. The van der Waals surface area contributed by atoms with Gasteiger partial charge in [0.25, 0.3) is 11.8 Å². The molecule has 0 radical (unpaired) electrons. The molecule has 2 amide bonds. The molecule has 1 atom stereocenters. The smallest absolute Gasteiger partial charge is 0.279 e. The molecule has 2 N–H and O–H groups in total.